The van der Waals surface area contributed by atoms with Crippen molar-refractivity contribution in [1.82, 2.24) is 0 Å². The summed E-state index contributed by atoms with van der Waals surface area (Å²) >= 11 is 0. The highest BCUT2D eigenvalue weighted by molar-refractivity contribution is 5.83. The molecule has 2 aliphatic rings. The molecule has 0 radical (unpaired) electrons. The van der Waals surface area contributed by atoms with Crippen LogP contribution in [0.1, 0.15) is 270 Å². The van der Waals surface area contributed by atoms with Gasteiger partial charge in [0.05, 0.1) is 0 Å². The van der Waals surface area contributed by atoms with Crippen LogP contribution in [-0.2, 0) is 43.3 Å². The molecule has 11 aromatic carbocycles. The van der Waals surface area contributed by atoms with Crippen LogP contribution in [0, 0.1) is 5.41 Å². The summed E-state index contributed by atoms with van der Waals surface area (Å²) in [5.41, 5.74) is 24.5. The summed E-state index contributed by atoms with van der Waals surface area (Å²) in [5.74, 6) is 0. The number of hydrogen-bond acceptors (Lipinski definition) is 0. The van der Waals surface area contributed by atoms with Crippen molar-refractivity contribution in [3.63, 3.8) is 0 Å². The van der Waals surface area contributed by atoms with E-state index in [2.05, 4.69) is 456 Å². The first-order valence-corrected chi connectivity index (χ1v) is 39.6. The van der Waals surface area contributed by atoms with Crippen LogP contribution in [-0.4, -0.2) is 0 Å². The molecule has 0 spiro atoms. The SMILES string of the molecule is CC(C)(C)C(C)(C)c1ccccc1.CC(C)(C)c1ccc(C(C)(C)c2ccccc2)cc1.CC(C)(C)c1ccccc1.CC1(C)c2ccccc2-c2ccccc21.CC1(c2ccccc2)c2ccccc2-c2ccccc21.CCC(C)(CC)c1ccccc1.CCCCC(C)(CCCC)c1ccccc1. The lowest BCUT2D eigenvalue weighted by atomic mass is 9.65. The summed E-state index contributed by atoms with van der Waals surface area (Å²) < 4.78 is 0. The van der Waals surface area contributed by atoms with Crippen LogP contribution in [0.5, 0.6) is 0 Å². The third-order valence-corrected chi connectivity index (χ3v) is 23.7. The van der Waals surface area contributed by atoms with Gasteiger partial charge in [0.25, 0.3) is 0 Å². The summed E-state index contributed by atoms with van der Waals surface area (Å²) in [6, 6.07) is 109. The molecule has 13 rings (SSSR count). The first kappa shape index (κ1) is 83.7. The van der Waals surface area contributed by atoms with Crippen molar-refractivity contribution in [3.8, 4) is 22.3 Å². The van der Waals surface area contributed by atoms with E-state index in [4.69, 9.17) is 0 Å². The van der Waals surface area contributed by atoms with Gasteiger partial charge >= 0.3 is 0 Å². The Morgan fingerprint density at radius 2 is 0.505 bits per heavy atom. The van der Waals surface area contributed by atoms with E-state index in [1.807, 2.05) is 0 Å². The maximum atomic E-state index is 2.44. The largest absolute Gasteiger partial charge is 0.0654 e. The topological polar surface area (TPSA) is 0 Å². The Kier molecular flexibility index (Phi) is 29.6. The molecule has 0 nitrogen and oxygen atoms in total. The standard InChI is InChI=1S/C20H16.C19H24.C16H26.C15H14.C13H20.C12H18.C10H14/c1-20(15-9-3-2-4-10-15)18-13-7-5-11-16(18)17-12-6-8-14-19(17)20;1-18(2,3)15-11-13-17(14-12-15)19(4,5)16-9-7-6-8-10-16;1-4-6-13-16(3,14-7-5-2)15-11-9-8-10-12-15;1-15(2)13-9-5-3-7-11(13)12-8-4-6-10-14(12)15;1-12(2,3)13(4,5)11-9-7-6-8-10-11;1-4-12(3,5-2)11-9-7-6-8-10-11;1-10(2,3)9-7-5-4-6-8-9/h2-14H,1H3;6-14H,1-5H3;8-12H,4-7,13-14H2,1-3H3;3-10H,1-2H3;6-10H,1-5H3;6-10H,4-5H2,1-3H3;4-8H,1-3H3. The molecule has 0 heteroatoms. The third-order valence-electron chi connectivity index (χ3n) is 23.7. The van der Waals surface area contributed by atoms with Crippen molar-refractivity contribution < 1.29 is 0 Å². The molecule has 0 N–H and O–H groups in total. The molecule has 0 saturated heterocycles. The first-order chi connectivity index (χ1) is 49.8. The van der Waals surface area contributed by atoms with Crippen LogP contribution < -0.4 is 0 Å². The summed E-state index contributed by atoms with van der Waals surface area (Å²) in [5, 5.41) is 0. The average molecular weight is 1390 g/mol. The molecule has 0 amide bonds. The molecule has 0 aromatic heterocycles. The van der Waals surface area contributed by atoms with E-state index < -0.39 is 0 Å². The number of benzene rings is 11. The highest BCUT2D eigenvalue weighted by atomic mass is 14.4. The zero-order valence-corrected chi connectivity index (χ0v) is 69.0. The maximum Gasteiger partial charge on any atom is 0.0435 e. The maximum absolute atomic E-state index is 2.44. The quantitative estimate of drug-likeness (QED) is 0.102. The van der Waals surface area contributed by atoms with Gasteiger partial charge in [-0.3, -0.25) is 0 Å². The second-order valence-corrected chi connectivity index (χ2v) is 34.7. The molecule has 0 saturated carbocycles. The molecule has 552 valence electrons. The fourth-order valence-corrected chi connectivity index (χ4v) is 14.7. The monoisotopic (exact) mass is 1390 g/mol. The van der Waals surface area contributed by atoms with Gasteiger partial charge in [0, 0.05) is 16.2 Å². The van der Waals surface area contributed by atoms with E-state index in [0.29, 0.717) is 21.7 Å². The van der Waals surface area contributed by atoms with Crippen molar-refractivity contribution in [3.05, 3.63) is 370 Å². The lowest BCUT2D eigenvalue weighted by Crippen LogP contribution is -2.33. The van der Waals surface area contributed by atoms with Gasteiger partial charge in [-0.05, 0) is 154 Å². The second-order valence-electron chi connectivity index (χ2n) is 34.7. The summed E-state index contributed by atoms with van der Waals surface area (Å²) in [6.45, 7) is 50.3. The number of fused-ring (bicyclic) bond motifs is 6. The molecular formula is C105H132. The van der Waals surface area contributed by atoms with E-state index in [-0.39, 0.29) is 27.1 Å². The summed E-state index contributed by atoms with van der Waals surface area (Å²) in [4.78, 5) is 0. The van der Waals surface area contributed by atoms with E-state index in [9.17, 15) is 0 Å². The predicted octanol–water partition coefficient (Wildman–Crippen LogP) is 30.4. The van der Waals surface area contributed by atoms with Crippen LogP contribution in [0.15, 0.2) is 303 Å². The van der Waals surface area contributed by atoms with Gasteiger partial charge in [-0.1, -0.05) is 474 Å². The molecule has 105 heavy (non-hydrogen) atoms. The van der Waals surface area contributed by atoms with E-state index in [1.165, 1.54) is 140 Å². The van der Waals surface area contributed by atoms with Gasteiger partial charge in [-0.15, -0.1) is 0 Å². The Hall–Kier alpha value is -8.58. The van der Waals surface area contributed by atoms with Crippen molar-refractivity contribution >= 4 is 0 Å². The Morgan fingerprint density at radius 3 is 0.829 bits per heavy atom. The summed E-state index contributed by atoms with van der Waals surface area (Å²) in [7, 11) is 0. The van der Waals surface area contributed by atoms with Gasteiger partial charge in [-0.25, -0.2) is 0 Å². The lowest BCUT2D eigenvalue weighted by Gasteiger charge is -2.39. The fourth-order valence-electron chi connectivity index (χ4n) is 14.7. The Morgan fingerprint density at radius 1 is 0.248 bits per heavy atom. The van der Waals surface area contributed by atoms with Crippen LogP contribution in [0.2, 0.25) is 0 Å². The highest BCUT2D eigenvalue weighted by Crippen LogP contribution is 2.52. The Bertz CT molecular complexity index is 4190. The van der Waals surface area contributed by atoms with Crippen molar-refractivity contribution in [2.75, 3.05) is 0 Å². The molecule has 0 fully saturated rings. The van der Waals surface area contributed by atoms with Gasteiger partial charge < -0.3 is 0 Å². The lowest BCUT2D eigenvalue weighted by molar-refractivity contribution is 0.225. The smallest absolute Gasteiger partial charge is 0.0435 e. The molecule has 2 aliphatic carbocycles. The minimum absolute atomic E-state index is 0.0472. The third kappa shape index (κ3) is 21.2. The van der Waals surface area contributed by atoms with Crippen molar-refractivity contribution in [2.45, 2.75) is 247 Å². The molecule has 0 atom stereocenters. The molecule has 0 heterocycles. The molecule has 0 unspecified atom stereocenters. The normalized spacial score (nSPS) is 13.1. The van der Waals surface area contributed by atoms with Crippen molar-refractivity contribution in [2.24, 2.45) is 5.41 Å². The first-order valence-electron chi connectivity index (χ1n) is 39.6. The Labute approximate surface area is 640 Å². The second kappa shape index (κ2) is 37.1. The minimum atomic E-state index is -0.0472. The fraction of sp³-hybridized carbons (Fsp3) is 0.371. The van der Waals surface area contributed by atoms with Gasteiger partial charge in [0.2, 0.25) is 0 Å². The van der Waals surface area contributed by atoms with Crippen LogP contribution in [0.4, 0.5) is 0 Å². The number of unbranched alkanes of at least 4 members (excludes halogenated alkanes) is 2. The van der Waals surface area contributed by atoms with Crippen LogP contribution in [0.25, 0.3) is 22.3 Å². The van der Waals surface area contributed by atoms with Crippen molar-refractivity contribution in [1.29, 1.82) is 0 Å². The van der Waals surface area contributed by atoms with Crippen LogP contribution in [0.3, 0.4) is 0 Å². The van der Waals surface area contributed by atoms with Gasteiger partial charge in [0.15, 0.2) is 0 Å². The van der Waals surface area contributed by atoms with E-state index >= 15 is 0 Å². The number of hydrogen-bond donors (Lipinski definition) is 0. The Balaban J connectivity index is 0.000000173. The molecule has 11 aromatic rings. The van der Waals surface area contributed by atoms with E-state index in [1.54, 1.807) is 0 Å². The zero-order chi connectivity index (χ0) is 76.7. The van der Waals surface area contributed by atoms with Gasteiger partial charge in [-0.2, -0.15) is 0 Å². The average Bonchev–Trinajstić information content (AvgIpc) is 1.57. The van der Waals surface area contributed by atoms with Crippen LogP contribution >= 0.6 is 0 Å². The van der Waals surface area contributed by atoms with Gasteiger partial charge in [0.1, 0.15) is 0 Å². The molecule has 0 aliphatic heterocycles. The summed E-state index contributed by atoms with van der Waals surface area (Å²) in [6.07, 6.45) is 10.4. The minimum Gasteiger partial charge on any atom is -0.0654 e. The molecular weight excluding hydrogens is 1260 g/mol. The number of rotatable bonds is 14. The molecule has 0 bridgehead atoms. The van der Waals surface area contributed by atoms with E-state index in [0.717, 1.165) is 0 Å². The zero-order valence-electron chi connectivity index (χ0n) is 69.0. The highest BCUT2D eigenvalue weighted by Gasteiger charge is 2.41. The predicted molar refractivity (Wildman–Crippen MR) is 463 cm³/mol.